The molecule has 0 saturated carbocycles. The topological polar surface area (TPSA) is 61.4 Å². The number of benzene rings is 2. The smallest absolute Gasteiger partial charge is 0.338 e. The highest BCUT2D eigenvalue weighted by molar-refractivity contribution is 5.94. The van der Waals surface area contributed by atoms with Crippen molar-refractivity contribution in [2.45, 2.75) is 13.5 Å². The monoisotopic (exact) mass is 382 g/mol. The van der Waals surface area contributed by atoms with Crippen LogP contribution in [0.4, 0.5) is 0 Å². The van der Waals surface area contributed by atoms with Crippen molar-refractivity contribution in [2.24, 2.45) is 0 Å². The number of rotatable bonds is 4. The molecule has 0 aliphatic rings. The van der Waals surface area contributed by atoms with Crippen LogP contribution >= 0.6 is 0 Å². The molecular formula is C23H18N4O2. The van der Waals surface area contributed by atoms with Crippen LogP contribution in [0.1, 0.15) is 21.9 Å². The second-order valence-electron chi connectivity index (χ2n) is 6.81. The Kier molecular flexibility index (Phi) is 4.09. The molecule has 5 rings (SSSR count). The number of ether oxygens (including phenoxy) is 1. The number of fused-ring (bicyclic) bond motifs is 2. The zero-order valence-electron chi connectivity index (χ0n) is 15.8. The number of esters is 1. The fourth-order valence-corrected chi connectivity index (χ4v) is 3.51. The minimum Gasteiger partial charge on any atom is -0.456 e. The molecule has 0 atom stereocenters. The second-order valence-corrected chi connectivity index (χ2v) is 6.81. The van der Waals surface area contributed by atoms with Crippen LogP contribution in [-0.2, 0) is 11.3 Å². The van der Waals surface area contributed by atoms with E-state index in [0.29, 0.717) is 11.3 Å². The van der Waals surface area contributed by atoms with Gasteiger partial charge in [0.05, 0.1) is 22.3 Å². The lowest BCUT2D eigenvalue weighted by Crippen LogP contribution is -2.05. The lowest BCUT2D eigenvalue weighted by atomic mass is 10.2. The van der Waals surface area contributed by atoms with E-state index in [1.54, 1.807) is 12.1 Å². The van der Waals surface area contributed by atoms with Crippen LogP contribution in [0.2, 0.25) is 0 Å². The normalized spacial score (nSPS) is 11.2. The predicted molar refractivity (Wildman–Crippen MR) is 110 cm³/mol. The average Bonchev–Trinajstić information content (AvgIpc) is 3.31. The summed E-state index contributed by atoms with van der Waals surface area (Å²) in [7, 11) is 0. The Morgan fingerprint density at radius 3 is 2.66 bits per heavy atom. The number of carbonyl (C=O) groups is 1. The molecule has 0 spiro atoms. The summed E-state index contributed by atoms with van der Waals surface area (Å²) in [4.78, 5) is 21.6. The first-order chi connectivity index (χ1) is 14.2. The van der Waals surface area contributed by atoms with Crippen molar-refractivity contribution in [3.63, 3.8) is 0 Å². The molecule has 0 amide bonds. The Hall–Kier alpha value is -3.93. The minimum atomic E-state index is -0.393. The maximum absolute atomic E-state index is 12.5. The van der Waals surface area contributed by atoms with Crippen LogP contribution in [0, 0.1) is 6.92 Å². The van der Waals surface area contributed by atoms with Crippen molar-refractivity contribution >= 4 is 22.6 Å². The van der Waals surface area contributed by atoms with Crippen LogP contribution in [0.3, 0.4) is 0 Å². The minimum absolute atomic E-state index is 0.121. The zero-order chi connectivity index (χ0) is 19.8. The summed E-state index contributed by atoms with van der Waals surface area (Å²) >= 11 is 0. The van der Waals surface area contributed by atoms with Gasteiger partial charge in [-0.25, -0.2) is 14.8 Å². The van der Waals surface area contributed by atoms with E-state index in [1.165, 1.54) is 0 Å². The molecule has 0 radical (unpaired) electrons. The van der Waals surface area contributed by atoms with E-state index in [1.807, 2.05) is 78.3 Å². The van der Waals surface area contributed by atoms with E-state index < -0.39 is 5.97 Å². The van der Waals surface area contributed by atoms with Crippen LogP contribution in [0.15, 0.2) is 79.1 Å². The van der Waals surface area contributed by atoms with Gasteiger partial charge in [0.2, 0.25) is 0 Å². The van der Waals surface area contributed by atoms with Gasteiger partial charge in [-0.1, -0.05) is 24.3 Å². The van der Waals surface area contributed by atoms with E-state index in [0.717, 1.165) is 28.2 Å². The molecule has 6 nitrogen and oxygen atoms in total. The molecule has 0 unspecified atom stereocenters. The Morgan fingerprint density at radius 1 is 1.00 bits per heavy atom. The summed E-state index contributed by atoms with van der Waals surface area (Å²) in [6.45, 7) is 2.07. The first-order valence-corrected chi connectivity index (χ1v) is 9.33. The molecule has 29 heavy (non-hydrogen) atoms. The number of para-hydroxylation sites is 1. The molecular weight excluding hydrogens is 364 g/mol. The number of nitrogens with zero attached hydrogens (tertiary/aromatic N) is 4. The maximum Gasteiger partial charge on any atom is 0.338 e. The SMILES string of the molecule is Cc1nc2cc(C(=O)OCc3cn4ccccc4n3)ccc2n1-c1ccccc1. The van der Waals surface area contributed by atoms with Gasteiger partial charge in [0.15, 0.2) is 0 Å². The van der Waals surface area contributed by atoms with Crippen LogP contribution in [0.25, 0.3) is 22.4 Å². The van der Waals surface area contributed by atoms with Gasteiger partial charge in [-0.3, -0.25) is 4.57 Å². The van der Waals surface area contributed by atoms with Crippen molar-refractivity contribution in [2.75, 3.05) is 0 Å². The number of hydrogen-bond donors (Lipinski definition) is 0. The lowest BCUT2D eigenvalue weighted by molar-refractivity contribution is 0.0468. The highest BCUT2D eigenvalue weighted by Crippen LogP contribution is 2.22. The van der Waals surface area contributed by atoms with E-state index in [2.05, 4.69) is 14.5 Å². The average molecular weight is 382 g/mol. The number of carbonyl (C=O) groups excluding carboxylic acids is 1. The van der Waals surface area contributed by atoms with E-state index >= 15 is 0 Å². The van der Waals surface area contributed by atoms with Crippen LogP contribution in [-0.4, -0.2) is 24.9 Å². The molecule has 142 valence electrons. The molecule has 0 aliphatic carbocycles. The molecule has 2 aromatic carbocycles. The third-order valence-electron chi connectivity index (χ3n) is 4.84. The number of imidazole rings is 2. The third kappa shape index (κ3) is 3.14. The Bertz CT molecular complexity index is 1300. The second kappa shape index (κ2) is 6.91. The van der Waals surface area contributed by atoms with E-state index in [-0.39, 0.29) is 6.61 Å². The lowest BCUT2D eigenvalue weighted by Gasteiger charge is -2.07. The van der Waals surface area contributed by atoms with Gasteiger partial charge in [0.25, 0.3) is 0 Å². The van der Waals surface area contributed by atoms with Gasteiger partial charge in [-0.2, -0.15) is 0 Å². The zero-order valence-corrected chi connectivity index (χ0v) is 15.8. The van der Waals surface area contributed by atoms with Crippen LogP contribution < -0.4 is 0 Å². The summed E-state index contributed by atoms with van der Waals surface area (Å²) in [6, 6.07) is 21.2. The first-order valence-electron chi connectivity index (χ1n) is 9.33. The van der Waals surface area contributed by atoms with Gasteiger partial charge in [0, 0.05) is 18.1 Å². The van der Waals surface area contributed by atoms with E-state index in [4.69, 9.17) is 4.74 Å². The summed E-state index contributed by atoms with van der Waals surface area (Å²) in [5, 5.41) is 0. The molecule has 0 bridgehead atoms. The molecule has 0 aliphatic heterocycles. The van der Waals surface area contributed by atoms with Crippen LogP contribution in [0.5, 0.6) is 0 Å². The van der Waals surface area contributed by atoms with Crippen molar-refractivity contribution in [3.05, 3.63) is 96.2 Å². The quantitative estimate of drug-likeness (QED) is 0.434. The Labute approximate surface area is 167 Å². The standard InChI is InChI=1S/C23H18N4O2/c1-16-24-20-13-17(10-11-21(20)27(16)19-7-3-2-4-8-19)23(28)29-15-18-14-26-12-6-5-9-22(26)25-18/h2-14H,15H2,1H3. The van der Waals surface area contributed by atoms with Crippen molar-refractivity contribution in [1.29, 1.82) is 0 Å². The van der Waals surface area contributed by atoms with Gasteiger partial charge in [-0.05, 0) is 49.4 Å². The van der Waals surface area contributed by atoms with Gasteiger partial charge in [0.1, 0.15) is 18.1 Å². The Balaban J connectivity index is 1.39. The highest BCUT2D eigenvalue weighted by atomic mass is 16.5. The molecule has 0 saturated heterocycles. The molecule has 5 aromatic rings. The van der Waals surface area contributed by atoms with Gasteiger partial charge in [-0.15, -0.1) is 0 Å². The number of hydrogen-bond acceptors (Lipinski definition) is 4. The van der Waals surface area contributed by atoms with Gasteiger partial charge >= 0.3 is 5.97 Å². The first kappa shape index (κ1) is 17.2. The number of aryl methyl sites for hydroxylation is 1. The summed E-state index contributed by atoms with van der Waals surface area (Å²) in [6.07, 6.45) is 3.77. The largest absolute Gasteiger partial charge is 0.456 e. The van der Waals surface area contributed by atoms with Crippen molar-refractivity contribution in [1.82, 2.24) is 18.9 Å². The highest BCUT2D eigenvalue weighted by Gasteiger charge is 2.14. The van der Waals surface area contributed by atoms with Gasteiger partial charge < -0.3 is 9.14 Å². The Morgan fingerprint density at radius 2 is 1.83 bits per heavy atom. The molecule has 3 aromatic heterocycles. The molecule has 3 heterocycles. The number of aromatic nitrogens is 4. The molecule has 0 fully saturated rings. The third-order valence-corrected chi connectivity index (χ3v) is 4.84. The fraction of sp³-hybridized carbons (Fsp3) is 0.0870. The fourth-order valence-electron chi connectivity index (χ4n) is 3.51. The summed E-state index contributed by atoms with van der Waals surface area (Å²) in [5.41, 5.74) is 4.74. The van der Waals surface area contributed by atoms with Crippen molar-refractivity contribution < 1.29 is 9.53 Å². The summed E-state index contributed by atoms with van der Waals surface area (Å²) < 4.78 is 9.43. The van der Waals surface area contributed by atoms with Crippen molar-refractivity contribution in [3.8, 4) is 5.69 Å². The number of pyridine rings is 1. The predicted octanol–water partition coefficient (Wildman–Crippen LogP) is 4.34. The molecule has 6 heteroatoms. The van der Waals surface area contributed by atoms with E-state index in [9.17, 15) is 4.79 Å². The summed E-state index contributed by atoms with van der Waals surface area (Å²) in [5.74, 6) is 0.470. The maximum atomic E-state index is 12.5. The molecule has 0 N–H and O–H groups in total.